The molecule has 1 aromatic heterocycles. The zero-order chi connectivity index (χ0) is 18.9. The van der Waals surface area contributed by atoms with Crippen molar-refractivity contribution in [1.82, 2.24) is 10.3 Å². The molecule has 0 radical (unpaired) electrons. The SMILES string of the molecule is COCOC(CCNC(=O)c1ccccn1)c1cc(C)ccc1[N+](=O)[O-]. The van der Waals surface area contributed by atoms with E-state index in [1.165, 1.54) is 19.4 Å². The number of pyridine rings is 1. The first-order valence-electron chi connectivity index (χ1n) is 8.07. The number of carbonyl (C=O) groups excluding carboxylic acids is 1. The number of nitro benzene ring substituents is 1. The number of methoxy groups -OCH3 is 1. The Balaban J connectivity index is 2.09. The fraction of sp³-hybridized carbons (Fsp3) is 0.333. The average Bonchev–Trinajstić information content (AvgIpc) is 2.64. The smallest absolute Gasteiger partial charge is 0.275 e. The highest BCUT2D eigenvalue weighted by molar-refractivity contribution is 5.92. The van der Waals surface area contributed by atoms with Gasteiger partial charge in [-0.25, -0.2) is 0 Å². The Morgan fingerprint density at radius 1 is 1.35 bits per heavy atom. The van der Waals surface area contributed by atoms with Gasteiger partial charge in [-0.2, -0.15) is 0 Å². The highest BCUT2D eigenvalue weighted by Crippen LogP contribution is 2.30. The van der Waals surface area contributed by atoms with Gasteiger partial charge >= 0.3 is 0 Å². The summed E-state index contributed by atoms with van der Waals surface area (Å²) in [6, 6.07) is 9.92. The van der Waals surface area contributed by atoms with Crippen molar-refractivity contribution in [1.29, 1.82) is 0 Å². The number of hydrogen-bond donors (Lipinski definition) is 1. The molecule has 26 heavy (non-hydrogen) atoms. The van der Waals surface area contributed by atoms with Gasteiger partial charge < -0.3 is 14.8 Å². The van der Waals surface area contributed by atoms with E-state index in [9.17, 15) is 14.9 Å². The quantitative estimate of drug-likeness (QED) is 0.419. The summed E-state index contributed by atoms with van der Waals surface area (Å²) in [6.07, 6.45) is 1.31. The summed E-state index contributed by atoms with van der Waals surface area (Å²) in [7, 11) is 1.48. The van der Waals surface area contributed by atoms with E-state index >= 15 is 0 Å². The second-order valence-electron chi connectivity index (χ2n) is 5.64. The minimum atomic E-state index is -0.584. The van der Waals surface area contributed by atoms with Crippen LogP contribution in [0.3, 0.4) is 0 Å². The number of nitrogens with one attached hydrogen (secondary N) is 1. The summed E-state index contributed by atoms with van der Waals surface area (Å²) in [4.78, 5) is 26.9. The molecule has 0 saturated heterocycles. The molecule has 0 spiro atoms. The van der Waals surface area contributed by atoms with Crippen molar-refractivity contribution in [3.8, 4) is 0 Å². The molecule has 0 fully saturated rings. The molecule has 0 aliphatic heterocycles. The van der Waals surface area contributed by atoms with Crippen LogP contribution in [0.25, 0.3) is 0 Å². The van der Waals surface area contributed by atoms with Crippen LogP contribution in [0, 0.1) is 17.0 Å². The van der Waals surface area contributed by atoms with Gasteiger partial charge in [-0.15, -0.1) is 0 Å². The Kier molecular flexibility index (Phi) is 7.19. The second kappa shape index (κ2) is 9.59. The van der Waals surface area contributed by atoms with E-state index in [0.717, 1.165) is 5.56 Å². The normalized spacial score (nSPS) is 11.8. The van der Waals surface area contributed by atoms with E-state index in [0.29, 0.717) is 17.7 Å². The van der Waals surface area contributed by atoms with E-state index in [1.54, 1.807) is 30.3 Å². The first kappa shape index (κ1) is 19.5. The number of aromatic nitrogens is 1. The molecule has 1 amide bonds. The first-order chi connectivity index (χ1) is 12.5. The highest BCUT2D eigenvalue weighted by atomic mass is 16.7. The predicted molar refractivity (Wildman–Crippen MR) is 94.7 cm³/mol. The molecule has 0 aliphatic rings. The van der Waals surface area contributed by atoms with Gasteiger partial charge in [0.1, 0.15) is 12.5 Å². The maximum Gasteiger partial charge on any atom is 0.275 e. The lowest BCUT2D eigenvalue weighted by Gasteiger charge is -2.18. The van der Waals surface area contributed by atoms with E-state index in [2.05, 4.69) is 10.3 Å². The van der Waals surface area contributed by atoms with E-state index in [4.69, 9.17) is 9.47 Å². The molecular weight excluding hydrogens is 338 g/mol. The molecule has 2 aromatic rings. The minimum absolute atomic E-state index is 0.00997. The zero-order valence-corrected chi connectivity index (χ0v) is 14.7. The van der Waals surface area contributed by atoms with Gasteiger partial charge in [0.05, 0.1) is 16.6 Å². The van der Waals surface area contributed by atoms with Crippen LogP contribution >= 0.6 is 0 Å². The molecular formula is C18H21N3O5. The molecule has 1 atom stereocenters. The maximum absolute atomic E-state index is 12.1. The zero-order valence-electron chi connectivity index (χ0n) is 14.7. The number of ether oxygens (including phenoxy) is 2. The first-order valence-corrected chi connectivity index (χ1v) is 8.07. The standard InChI is InChI=1S/C18H21N3O5/c1-13-6-7-16(21(23)24)14(11-13)17(26-12-25-2)8-10-20-18(22)15-5-3-4-9-19-15/h3-7,9,11,17H,8,10,12H2,1-2H3,(H,20,22). The van der Waals surface area contributed by atoms with E-state index in [1.807, 2.05) is 6.92 Å². The van der Waals surface area contributed by atoms with Gasteiger partial charge in [0.2, 0.25) is 0 Å². The Labute approximate surface area is 151 Å². The fourth-order valence-corrected chi connectivity index (χ4v) is 2.48. The van der Waals surface area contributed by atoms with Crippen molar-refractivity contribution in [2.24, 2.45) is 0 Å². The Bertz CT molecular complexity index is 752. The number of carbonyl (C=O) groups is 1. The van der Waals surface area contributed by atoms with Crippen LogP contribution in [0.15, 0.2) is 42.6 Å². The Hall–Kier alpha value is -2.84. The molecule has 1 unspecified atom stereocenters. The van der Waals surface area contributed by atoms with Gasteiger partial charge in [0.15, 0.2) is 0 Å². The van der Waals surface area contributed by atoms with Crippen molar-refractivity contribution in [2.75, 3.05) is 20.4 Å². The molecule has 138 valence electrons. The highest BCUT2D eigenvalue weighted by Gasteiger charge is 2.23. The van der Waals surface area contributed by atoms with Crippen LogP contribution in [0.4, 0.5) is 5.69 Å². The van der Waals surface area contributed by atoms with Crippen molar-refractivity contribution in [3.63, 3.8) is 0 Å². The van der Waals surface area contributed by atoms with Gasteiger partial charge in [0.25, 0.3) is 11.6 Å². The van der Waals surface area contributed by atoms with Gasteiger partial charge in [-0.3, -0.25) is 19.9 Å². The molecule has 0 saturated carbocycles. The van der Waals surface area contributed by atoms with Crippen molar-refractivity contribution in [3.05, 3.63) is 69.5 Å². The number of rotatable bonds is 9. The largest absolute Gasteiger partial charge is 0.359 e. The monoisotopic (exact) mass is 359 g/mol. The van der Waals surface area contributed by atoms with Crippen LogP contribution in [-0.2, 0) is 9.47 Å². The lowest BCUT2D eigenvalue weighted by molar-refractivity contribution is -0.386. The number of nitrogens with zero attached hydrogens (tertiary/aromatic N) is 2. The van der Waals surface area contributed by atoms with Crippen molar-refractivity contribution < 1.29 is 19.2 Å². The predicted octanol–water partition coefficient (Wildman–Crippen LogP) is 2.78. The third kappa shape index (κ3) is 5.33. The number of amides is 1. The number of hydrogen-bond acceptors (Lipinski definition) is 6. The number of benzene rings is 1. The average molecular weight is 359 g/mol. The third-order valence-corrected chi connectivity index (χ3v) is 3.70. The molecule has 0 aliphatic carbocycles. The molecule has 2 rings (SSSR count). The summed E-state index contributed by atoms with van der Waals surface area (Å²) in [5.74, 6) is -0.310. The van der Waals surface area contributed by atoms with Crippen LogP contribution in [0.1, 0.15) is 34.1 Å². The summed E-state index contributed by atoms with van der Waals surface area (Å²) in [5.41, 5.74) is 1.63. The molecule has 1 N–H and O–H groups in total. The molecule has 1 aromatic carbocycles. The minimum Gasteiger partial charge on any atom is -0.359 e. The summed E-state index contributed by atoms with van der Waals surface area (Å²) < 4.78 is 10.5. The third-order valence-electron chi connectivity index (χ3n) is 3.70. The van der Waals surface area contributed by atoms with Crippen LogP contribution in [0.2, 0.25) is 0 Å². The lowest BCUT2D eigenvalue weighted by Crippen LogP contribution is -2.27. The number of aryl methyl sites for hydroxylation is 1. The Morgan fingerprint density at radius 2 is 2.15 bits per heavy atom. The number of nitro groups is 1. The summed E-state index contributed by atoms with van der Waals surface area (Å²) in [5, 5.41) is 14.1. The lowest BCUT2D eigenvalue weighted by atomic mass is 10.0. The Morgan fingerprint density at radius 3 is 2.81 bits per heavy atom. The fourth-order valence-electron chi connectivity index (χ4n) is 2.48. The maximum atomic E-state index is 12.1. The summed E-state index contributed by atoms with van der Waals surface area (Å²) >= 11 is 0. The van der Waals surface area contributed by atoms with Gasteiger partial charge in [-0.05, 0) is 31.5 Å². The van der Waals surface area contributed by atoms with Crippen molar-refractivity contribution in [2.45, 2.75) is 19.4 Å². The van der Waals surface area contributed by atoms with Crippen LogP contribution < -0.4 is 5.32 Å². The molecule has 8 heteroatoms. The van der Waals surface area contributed by atoms with E-state index in [-0.39, 0.29) is 24.9 Å². The van der Waals surface area contributed by atoms with Crippen LogP contribution in [-0.4, -0.2) is 36.3 Å². The topological polar surface area (TPSA) is 104 Å². The molecule has 1 heterocycles. The van der Waals surface area contributed by atoms with Crippen molar-refractivity contribution >= 4 is 11.6 Å². The molecule has 0 bridgehead atoms. The van der Waals surface area contributed by atoms with Gasteiger partial charge in [0, 0.05) is 25.9 Å². The van der Waals surface area contributed by atoms with Gasteiger partial charge in [-0.1, -0.05) is 17.7 Å². The van der Waals surface area contributed by atoms with Crippen LogP contribution in [0.5, 0.6) is 0 Å². The second-order valence-corrected chi connectivity index (χ2v) is 5.64. The van der Waals surface area contributed by atoms with E-state index < -0.39 is 11.0 Å². The summed E-state index contributed by atoms with van der Waals surface area (Å²) in [6.45, 7) is 2.11. The molecule has 8 nitrogen and oxygen atoms in total.